The second-order valence-electron chi connectivity index (χ2n) is 6.78. The first-order valence-electron chi connectivity index (χ1n) is 8.78. The first-order valence-corrected chi connectivity index (χ1v) is 8.78. The number of ether oxygens (including phenoxy) is 1. The Morgan fingerprint density at radius 2 is 2.08 bits per heavy atom. The highest BCUT2D eigenvalue weighted by Crippen LogP contribution is 2.30. The fraction of sp³-hybridized carbons (Fsp3) is 0.368. The maximum atomic E-state index is 5.87. The predicted molar refractivity (Wildman–Crippen MR) is 95.8 cm³/mol. The number of nitrogens with one attached hydrogen (secondary N) is 1. The van der Waals surface area contributed by atoms with Gasteiger partial charge in [-0.25, -0.2) is 9.97 Å². The number of anilines is 1. The van der Waals surface area contributed by atoms with Crippen LogP contribution in [0.5, 0.6) is 5.75 Å². The summed E-state index contributed by atoms with van der Waals surface area (Å²) < 4.78 is 11.2. The van der Waals surface area contributed by atoms with Gasteiger partial charge in [0.2, 0.25) is 5.89 Å². The smallest absolute Gasteiger partial charge is 0.245 e. The van der Waals surface area contributed by atoms with Gasteiger partial charge in [0.05, 0.1) is 12.2 Å². The maximum Gasteiger partial charge on any atom is 0.245 e. The molecule has 0 unspecified atom stereocenters. The summed E-state index contributed by atoms with van der Waals surface area (Å²) in [5.41, 5.74) is 3.06. The predicted octanol–water partition coefficient (Wildman–Crippen LogP) is 3.15. The molecule has 3 aromatic rings. The van der Waals surface area contributed by atoms with Crippen molar-refractivity contribution in [2.75, 3.05) is 5.32 Å². The molecule has 0 atom stereocenters. The fourth-order valence-corrected chi connectivity index (χ4v) is 3.01. The van der Waals surface area contributed by atoms with Crippen LogP contribution >= 0.6 is 0 Å². The summed E-state index contributed by atoms with van der Waals surface area (Å²) in [6.07, 6.45) is 3.08. The van der Waals surface area contributed by atoms with E-state index in [1.807, 2.05) is 18.2 Å². The van der Waals surface area contributed by atoms with E-state index in [2.05, 4.69) is 45.3 Å². The number of para-hydroxylation sites is 1. The maximum absolute atomic E-state index is 5.87. The molecule has 1 aliphatic rings. The van der Waals surface area contributed by atoms with Crippen LogP contribution in [0.2, 0.25) is 0 Å². The highest BCUT2D eigenvalue weighted by Gasteiger charge is 2.19. The SMILES string of the molecule is CC(C)Cc1noc(CNc2ncnc3c2Cc2ccccc2OC3)n1. The molecule has 0 saturated heterocycles. The molecule has 0 fully saturated rings. The Labute approximate surface area is 151 Å². The van der Waals surface area contributed by atoms with Gasteiger partial charge in [0.25, 0.3) is 0 Å². The van der Waals surface area contributed by atoms with Crippen LogP contribution in [0.3, 0.4) is 0 Å². The van der Waals surface area contributed by atoms with Crippen molar-refractivity contribution in [3.63, 3.8) is 0 Å². The van der Waals surface area contributed by atoms with E-state index in [1.165, 1.54) is 0 Å². The van der Waals surface area contributed by atoms with Crippen LogP contribution in [0.4, 0.5) is 5.82 Å². The summed E-state index contributed by atoms with van der Waals surface area (Å²) >= 11 is 0. The van der Waals surface area contributed by atoms with E-state index in [0.717, 1.165) is 47.1 Å². The van der Waals surface area contributed by atoms with Crippen molar-refractivity contribution >= 4 is 5.82 Å². The zero-order valence-electron chi connectivity index (χ0n) is 14.9. The zero-order chi connectivity index (χ0) is 17.9. The van der Waals surface area contributed by atoms with E-state index >= 15 is 0 Å². The Morgan fingerprint density at radius 3 is 2.96 bits per heavy atom. The molecule has 0 amide bonds. The summed E-state index contributed by atoms with van der Waals surface area (Å²) in [5.74, 6) is 3.45. The van der Waals surface area contributed by atoms with Crippen molar-refractivity contribution < 1.29 is 9.26 Å². The topological polar surface area (TPSA) is 86.0 Å². The number of benzene rings is 1. The van der Waals surface area contributed by atoms with Gasteiger partial charge in [-0.2, -0.15) is 4.98 Å². The van der Waals surface area contributed by atoms with E-state index < -0.39 is 0 Å². The lowest BCUT2D eigenvalue weighted by molar-refractivity contribution is 0.302. The average molecular weight is 351 g/mol. The molecule has 4 rings (SSSR count). The lowest BCUT2D eigenvalue weighted by atomic mass is 10.0. The number of nitrogens with zero attached hydrogens (tertiary/aromatic N) is 4. The van der Waals surface area contributed by atoms with Crippen LogP contribution in [0.1, 0.15) is 42.4 Å². The lowest BCUT2D eigenvalue weighted by Crippen LogP contribution is -2.09. The van der Waals surface area contributed by atoms with Gasteiger partial charge in [-0.05, 0) is 17.5 Å². The molecule has 7 heteroatoms. The summed E-state index contributed by atoms with van der Waals surface area (Å²) in [5, 5.41) is 7.33. The highest BCUT2D eigenvalue weighted by atomic mass is 16.5. The molecule has 0 spiro atoms. The lowest BCUT2D eigenvalue weighted by Gasteiger charge is -2.10. The van der Waals surface area contributed by atoms with Crippen LogP contribution in [-0.4, -0.2) is 20.1 Å². The molecule has 1 aromatic carbocycles. The van der Waals surface area contributed by atoms with E-state index in [0.29, 0.717) is 25.0 Å². The zero-order valence-corrected chi connectivity index (χ0v) is 14.9. The molecule has 26 heavy (non-hydrogen) atoms. The molecule has 0 bridgehead atoms. The van der Waals surface area contributed by atoms with Crippen LogP contribution in [0, 0.1) is 5.92 Å². The van der Waals surface area contributed by atoms with Gasteiger partial charge in [0.1, 0.15) is 24.5 Å². The monoisotopic (exact) mass is 351 g/mol. The van der Waals surface area contributed by atoms with Crippen LogP contribution < -0.4 is 10.1 Å². The summed E-state index contributed by atoms with van der Waals surface area (Å²) in [4.78, 5) is 13.2. The average Bonchev–Trinajstić information content (AvgIpc) is 2.97. The Balaban J connectivity index is 1.53. The van der Waals surface area contributed by atoms with Gasteiger partial charge < -0.3 is 14.6 Å². The molecule has 3 heterocycles. The molecular formula is C19H21N5O2. The van der Waals surface area contributed by atoms with Gasteiger partial charge in [-0.3, -0.25) is 0 Å². The molecule has 1 aliphatic heterocycles. The largest absolute Gasteiger partial charge is 0.487 e. The van der Waals surface area contributed by atoms with Gasteiger partial charge in [0, 0.05) is 18.4 Å². The molecule has 7 nitrogen and oxygen atoms in total. The van der Waals surface area contributed by atoms with Crippen LogP contribution in [0.15, 0.2) is 35.1 Å². The van der Waals surface area contributed by atoms with Crippen molar-refractivity contribution in [2.24, 2.45) is 5.92 Å². The molecule has 0 aliphatic carbocycles. The van der Waals surface area contributed by atoms with Gasteiger partial charge in [-0.15, -0.1) is 0 Å². The second kappa shape index (κ2) is 7.11. The Hall–Kier alpha value is -2.96. The van der Waals surface area contributed by atoms with E-state index in [9.17, 15) is 0 Å². The minimum absolute atomic E-state index is 0.428. The minimum Gasteiger partial charge on any atom is -0.487 e. The van der Waals surface area contributed by atoms with Gasteiger partial charge >= 0.3 is 0 Å². The number of aromatic nitrogens is 4. The van der Waals surface area contributed by atoms with Gasteiger partial charge in [0.15, 0.2) is 5.82 Å². The van der Waals surface area contributed by atoms with E-state index in [1.54, 1.807) is 6.33 Å². The standard InChI is InChI=1S/C19H21N5O2/c1-12(2)7-17-23-18(26-24-17)9-20-19-14-8-13-5-3-4-6-16(13)25-10-15(14)21-11-22-19/h3-6,11-12H,7-10H2,1-2H3,(H,20,21,22). The Morgan fingerprint density at radius 1 is 1.19 bits per heavy atom. The highest BCUT2D eigenvalue weighted by molar-refractivity contribution is 5.51. The van der Waals surface area contributed by atoms with Crippen molar-refractivity contribution in [1.82, 2.24) is 20.1 Å². The Kier molecular flexibility index (Phi) is 4.51. The quantitative estimate of drug-likeness (QED) is 0.755. The van der Waals surface area contributed by atoms with Crippen molar-refractivity contribution in [3.8, 4) is 5.75 Å². The number of hydrogen-bond acceptors (Lipinski definition) is 7. The van der Waals surface area contributed by atoms with Crippen molar-refractivity contribution in [2.45, 2.75) is 39.8 Å². The normalized spacial score (nSPS) is 12.9. The molecule has 1 N–H and O–H groups in total. The van der Waals surface area contributed by atoms with E-state index in [4.69, 9.17) is 9.26 Å². The van der Waals surface area contributed by atoms with Crippen LogP contribution in [-0.2, 0) is 26.0 Å². The first kappa shape index (κ1) is 16.5. The number of fused-ring (bicyclic) bond motifs is 2. The molecule has 134 valence electrons. The third-order valence-electron chi connectivity index (χ3n) is 4.25. The minimum atomic E-state index is 0.428. The number of hydrogen-bond donors (Lipinski definition) is 1. The first-order chi connectivity index (χ1) is 12.7. The number of rotatable bonds is 5. The Bertz CT molecular complexity index is 906. The summed E-state index contributed by atoms with van der Waals surface area (Å²) in [6.45, 7) is 5.12. The summed E-state index contributed by atoms with van der Waals surface area (Å²) in [7, 11) is 0. The second-order valence-corrected chi connectivity index (χ2v) is 6.78. The molecule has 2 aromatic heterocycles. The van der Waals surface area contributed by atoms with E-state index in [-0.39, 0.29) is 0 Å². The van der Waals surface area contributed by atoms with Crippen molar-refractivity contribution in [3.05, 3.63) is 59.1 Å². The van der Waals surface area contributed by atoms with Crippen molar-refractivity contribution in [1.29, 1.82) is 0 Å². The third-order valence-corrected chi connectivity index (χ3v) is 4.25. The fourth-order valence-electron chi connectivity index (χ4n) is 3.01. The van der Waals surface area contributed by atoms with Gasteiger partial charge in [-0.1, -0.05) is 37.2 Å². The molecule has 0 saturated carbocycles. The third kappa shape index (κ3) is 3.51. The summed E-state index contributed by atoms with van der Waals surface area (Å²) in [6, 6.07) is 8.04. The molecular weight excluding hydrogens is 330 g/mol. The van der Waals surface area contributed by atoms with Crippen LogP contribution in [0.25, 0.3) is 0 Å². The molecule has 0 radical (unpaired) electrons.